The van der Waals surface area contributed by atoms with Gasteiger partial charge in [0.1, 0.15) is 12.0 Å². The second-order valence-electron chi connectivity index (χ2n) is 13.3. The molecule has 0 aromatic heterocycles. The van der Waals surface area contributed by atoms with Gasteiger partial charge in [-0.25, -0.2) is 4.39 Å². The van der Waals surface area contributed by atoms with Gasteiger partial charge in [-0.3, -0.25) is 4.99 Å². The van der Waals surface area contributed by atoms with Gasteiger partial charge in [-0.05, 0) is 95.3 Å². The maximum absolute atomic E-state index is 14.3. The van der Waals surface area contributed by atoms with E-state index in [1.807, 2.05) is 12.1 Å². The van der Waals surface area contributed by atoms with E-state index in [-0.39, 0.29) is 5.82 Å². The standard InChI is InChI=1S/C42H39FN4/c1-25-17-28(24-45-23-27-7-4-3-5-8-27)19-33(18-25)30-13-16-36-38(21-30)40(47-42(36)44)26(2)46-41-37-22-32(37)14-15-35(39(41)29-11-12-29)31-9-6-10-34(43)20-31/h3-10,13-21,29,37,42,45-46H,2,11-12,22-24,44H2,1H3/t37?,42-/m1/s1. The Bertz CT molecular complexity index is 2030. The Morgan fingerprint density at radius 1 is 0.872 bits per heavy atom. The molecular weight excluding hydrogens is 579 g/mol. The number of nitrogens with zero attached hydrogens (tertiary/aromatic N) is 1. The Labute approximate surface area is 276 Å². The van der Waals surface area contributed by atoms with Crippen LogP contribution >= 0.6 is 0 Å². The zero-order chi connectivity index (χ0) is 32.1. The second kappa shape index (κ2) is 12.1. The van der Waals surface area contributed by atoms with Crippen molar-refractivity contribution in [3.8, 4) is 11.1 Å². The van der Waals surface area contributed by atoms with Crippen LogP contribution in [0.25, 0.3) is 16.7 Å². The van der Waals surface area contributed by atoms with Crippen molar-refractivity contribution in [2.75, 3.05) is 0 Å². The molecule has 0 amide bonds. The Kier molecular flexibility index (Phi) is 7.59. The molecule has 2 saturated carbocycles. The third kappa shape index (κ3) is 6.05. The van der Waals surface area contributed by atoms with Crippen LogP contribution in [0.4, 0.5) is 4.39 Å². The summed E-state index contributed by atoms with van der Waals surface area (Å²) in [6.45, 7) is 8.29. The quantitative estimate of drug-likeness (QED) is 0.167. The first kappa shape index (κ1) is 29.6. The lowest BCUT2D eigenvalue weighted by atomic mass is 9.91. The van der Waals surface area contributed by atoms with E-state index in [0.717, 1.165) is 71.6 Å². The van der Waals surface area contributed by atoms with Gasteiger partial charge >= 0.3 is 0 Å². The van der Waals surface area contributed by atoms with E-state index in [1.54, 1.807) is 12.1 Å². The van der Waals surface area contributed by atoms with Gasteiger partial charge in [0.2, 0.25) is 0 Å². The molecule has 4 nitrogen and oxygen atoms in total. The van der Waals surface area contributed by atoms with Crippen LogP contribution in [0.1, 0.15) is 58.8 Å². The van der Waals surface area contributed by atoms with Crippen molar-refractivity contribution in [3.05, 3.63) is 171 Å². The first-order chi connectivity index (χ1) is 22.9. The van der Waals surface area contributed by atoms with Gasteiger partial charge in [0.25, 0.3) is 0 Å². The molecule has 1 unspecified atom stereocenters. The number of fused-ring (bicyclic) bond motifs is 2. The second-order valence-corrected chi connectivity index (χ2v) is 13.3. The first-order valence-electron chi connectivity index (χ1n) is 16.6. The zero-order valence-corrected chi connectivity index (χ0v) is 26.7. The van der Waals surface area contributed by atoms with Crippen molar-refractivity contribution >= 4 is 11.3 Å². The largest absolute Gasteiger partial charge is 0.357 e. The molecule has 4 N–H and O–H groups in total. The molecule has 2 atom stereocenters. The summed E-state index contributed by atoms with van der Waals surface area (Å²) in [6.07, 6.45) is 7.28. The average Bonchev–Trinajstić information content (AvgIpc) is 4.00. The molecule has 0 spiro atoms. The van der Waals surface area contributed by atoms with Gasteiger partial charge in [0, 0.05) is 35.8 Å². The molecule has 4 aromatic rings. The molecule has 0 bridgehead atoms. The lowest BCUT2D eigenvalue weighted by molar-refractivity contribution is 0.627. The fourth-order valence-electron chi connectivity index (χ4n) is 7.15. The van der Waals surface area contributed by atoms with E-state index in [1.165, 1.54) is 45.2 Å². The molecule has 8 rings (SSSR count). The number of nitrogens with two attached hydrogens (primary N) is 1. The van der Waals surface area contributed by atoms with Crippen LogP contribution in [0, 0.1) is 24.6 Å². The number of aryl methyl sites for hydroxylation is 1. The average molecular weight is 619 g/mol. The van der Waals surface area contributed by atoms with Crippen molar-refractivity contribution < 1.29 is 4.39 Å². The highest BCUT2D eigenvalue weighted by atomic mass is 19.1. The summed E-state index contributed by atoms with van der Waals surface area (Å²) >= 11 is 0. The molecular formula is C42H39FN4. The Morgan fingerprint density at radius 3 is 2.51 bits per heavy atom. The molecule has 0 radical (unpaired) electrons. The van der Waals surface area contributed by atoms with E-state index < -0.39 is 6.17 Å². The fraction of sp³-hybridized carbons (Fsp3) is 0.214. The minimum Gasteiger partial charge on any atom is -0.357 e. The van der Waals surface area contributed by atoms with E-state index in [2.05, 4.69) is 97.0 Å². The first-order valence-corrected chi connectivity index (χ1v) is 16.6. The fourth-order valence-corrected chi connectivity index (χ4v) is 7.15. The lowest BCUT2D eigenvalue weighted by Crippen LogP contribution is -2.23. The Balaban J connectivity index is 1.07. The van der Waals surface area contributed by atoms with Crippen molar-refractivity contribution in [3.63, 3.8) is 0 Å². The van der Waals surface area contributed by atoms with Gasteiger partial charge in [0.15, 0.2) is 0 Å². The summed E-state index contributed by atoms with van der Waals surface area (Å²) < 4.78 is 14.3. The predicted molar refractivity (Wildman–Crippen MR) is 190 cm³/mol. The predicted octanol–water partition coefficient (Wildman–Crippen LogP) is 8.66. The Hall–Kier alpha value is -4.84. The van der Waals surface area contributed by atoms with Crippen LogP contribution in [-0.4, -0.2) is 5.71 Å². The summed E-state index contributed by atoms with van der Waals surface area (Å²) in [5.41, 5.74) is 22.1. The van der Waals surface area contributed by atoms with Crippen molar-refractivity contribution in [1.29, 1.82) is 0 Å². The van der Waals surface area contributed by atoms with E-state index >= 15 is 0 Å². The molecule has 0 saturated heterocycles. The van der Waals surface area contributed by atoms with Crippen molar-refractivity contribution in [2.24, 2.45) is 22.6 Å². The van der Waals surface area contributed by atoms with Crippen LogP contribution < -0.4 is 16.4 Å². The number of aliphatic imine (C=N–C) groups is 1. The molecule has 5 heteroatoms. The van der Waals surface area contributed by atoms with Crippen molar-refractivity contribution in [1.82, 2.24) is 10.6 Å². The van der Waals surface area contributed by atoms with Gasteiger partial charge in [0.05, 0.1) is 11.4 Å². The highest BCUT2D eigenvalue weighted by molar-refractivity contribution is 6.15. The van der Waals surface area contributed by atoms with Crippen LogP contribution in [0.5, 0.6) is 0 Å². The molecule has 1 heterocycles. The highest BCUT2D eigenvalue weighted by Gasteiger charge is 2.42. The third-order valence-electron chi connectivity index (χ3n) is 9.68. The van der Waals surface area contributed by atoms with E-state index in [4.69, 9.17) is 10.7 Å². The van der Waals surface area contributed by atoms with Crippen LogP contribution in [0.2, 0.25) is 0 Å². The van der Waals surface area contributed by atoms with Crippen molar-refractivity contribution in [2.45, 2.75) is 45.4 Å². The van der Waals surface area contributed by atoms with E-state index in [9.17, 15) is 4.39 Å². The molecule has 2 fully saturated rings. The number of halogens is 1. The summed E-state index contributed by atoms with van der Waals surface area (Å²) in [4.78, 5) is 4.92. The van der Waals surface area contributed by atoms with Gasteiger partial charge in [-0.2, -0.15) is 0 Å². The molecule has 3 aliphatic carbocycles. The SMILES string of the molecule is C=C(NC1=C(C2CC2)C(c2cccc(F)c2)=CC=C2CC21)C1=N[C@@H](N)c2ccc(-c3cc(C)cc(CNCc4ccccc4)c3)cc21. The van der Waals surface area contributed by atoms with Crippen LogP contribution in [0.15, 0.2) is 137 Å². The molecule has 47 heavy (non-hydrogen) atoms. The topological polar surface area (TPSA) is 62.4 Å². The third-order valence-corrected chi connectivity index (χ3v) is 9.68. The normalized spacial score (nSPS) is 19.7. The maximum Gasteiger partial charge on any atom is 0.124 e. The summed E-state index contributed by atoms with van der Waals surface area (Å²) in [7, 11) is 0. The van der Waals surface area contributed by atoms with E-state index in [0.29, 0.717) is 11.8 Å². The molecule has 4 aliphatic rings. The smallest absolute Gasteiger partial charge is 0.124 e. The minimum atomic E-state index is -0.437. The minimum absolute atomic E-state index is 0.217. The lowest BCUT2D eigenvalue weighted by Gasteiger charge is -2.21. The number of hydrogen-bond donors (Lipinski definition) is 3. The van der Waals surface area contributed by atoms with Gasteiger partial charge < -0.3 is 16.4 Å². The zero-order valence-electron chi connectivity index (χ0n) is 26.7. The number of benzene rings is 4. The van der Waals surface area contributed by atoms with Gasteiger partial charge in [-0.15, -0.1) is 0 Å². The van der Waals surface area contributed by atoms with Gasteiger partial charge in [-0.1, -0.05) is 96.6 Å². The Morgan fingerprint density at radius 2 is 1.70 bits per heavy atom. The summed E-state index contributed by atoms with van der Waals surface area (Å²) in [6, 6.07) is 30.7. The highest BCUT2D eigenvalue weighted by Crippen LogP contribution is 2.53. The van der Waals surface area contributed by atoms with Crippen LogP contribution in [-0.2, 0) is 13.1 Å². The number of hydrogen-bond acceptors (Lipinski definition) is 4. The summed E-state index contributed by atoms with van der Waals surface area (Å²) in [5.74, 6) is 0.565. The van der Waals surface area contributed by atoms with Crippen LogP contribution in [0.3, 0.4) is 0 Å². The number of rotatable bonds is 10. The molecule has 1 aliphatic heterocycles. The molecule has 4 aromatic carbocycles. The number of allylic oxidation sites excluding steroid dienone is 6. The molecule has 234 valence electrons. The maximum atomic E-state index is 14.3. The monoisotopic (exact) mass is 618 g/mol. The summed E-state index contributed by atoms with van der Waals surface area (Å²) in [5, 5.41) is 7.36. The number of nitrogens with one attached hydrogen (secondary N) is 2.